The second-order valence-electron chi connectivity index (χ2n) is 6.37. The van der Waals surface area contributed by atoms with Gasteiger partial charge in [0.2, 0.25) is 5.91 Å². The van der Waals surface area contributed by atoms with Crippen molar-refractivity contribution in [1.82, 2.24) is 15.2 Å². The highest BCUT2D eigenvalue weighted by Gasteiger charge is 2.46. The fourth-order valence-electron chi connectivity index (χ4n) is 3.98. The van der Waals surface area contributed by atoms with Crippen molar-refractivity contribution in [3.05, 3.63) is 11.4 Å². The Labute approximate surface area is 124 Å². The zero-order chi connectivity index (χ0) is 14.9. The number of ether oxygens (including phenoxy) is 1. The number of hydrogen-bond donors (Lipinski definition) is 0. The Morgan fingerprint density at radius 1 is 1.43 bits per heavy atom. The average Bonchev–Trinajstić information content (AvgIpc) is 3.06. The predicted octanol–water partition coefficient (Wildman–Crippen LogP) is 1.73. The first-order chi connectivity index (χ1) is 10.1. The average molecular weight is 293 g/mol. The van der Waals surface area contributed by atoms with Crippen LogP contribution in [-0.2, 0) is 16.0 Å². The number of carbonyl (C=O) groups excluding carboxylic acids is 1. The number of rotatable bonds is 3. The van der Waals surface area contributed by atoms with E-state index in [1.165, 1.54) is 19.3 Å². The molecule has 1 saturated carbocycles. The summed E-state index contributed by atoms with van der Waals surface area (Å²) in [6.07, 6.45) is 6.28. The van der Waals surface area contributed by atoms with E-state index >= 15 is 0 Å². The van der Waals surface area contributed by atoms with Gasteiger partial charge in [-0.2, -0.15) is 0 Å². The quantitative estimate of drug-likeness (QED) is 0.849. The molecule has 3 rings (SSSR count). The van der Waals surface area contributed by atoms with Crippen molar-refractivity contribution < 1.29 is 14.2 Å². The molecule has 6 nitrogen and oxygen atoms in total. The van der Waals surface area contributed by atoms with Gasteiger partial charge < -0.3 is 9.64 Å². The molecule has 2 heterocycles. The Kier molecular flexibility index (Phi) is 3.97. The Hall–Kier alpha value is -1.43. The summed E-state index contributed by atoms with van der Waals surface area (Å²) in [5.74, 6) is 0.120. The van der Waals surface area contributed by atoms with Crippen LogP contribution in [0.2, 0.25) is 0 Å². The molecule has 0 N–H and O–H groups in total. The van der Waals surface area contributed by atoms with Gasteiger partial charge in [0.15, 0.2) is 0 Å². The van der Waals surface area contributed by atoms with Gasteiger partial charge in [-0.25, -0.2) is 4.63 Å². The van der Waals surface area contributed by atoms with Gasteiger partial charge in [-0.1, -0.05) is 16.7 Å². The maximum atomic E-state index is 12.5. The Balaban J connectivity index is 1.68. The lowest BCUT2D eigenvalue weighted by atomic mass is 9.76. The van der Waals surface area contributed by atoms with E-state index in [1.807, 2.05) is 11.8 Å². The molecule has 21 heavy (non-hydrogen) atoms. The largest absolute Gasteiger partial charge is 0.381 e. The van der Waals surface area contributed by atoms with Gasteiger partial charge in [0.1, 0.15) is 11.4 Å². The minimum absolute atomic E-state index is 0.120. The number of piperidine rings is 1. The summed E-state index contributed by atoms with van der Waals surface area (Å²) in [5, 5.41) is 7.55. The Morgan fingerprint density at radius 2 is 2.24 bits per heavy atom. The van der Waals surface area contributed by atoms with E-state index in [4.69, 9.17) is 4.74 Å². The van der Waals surface area contributed by atoms with E-state index in [-0.39, 0.29) is 17.7 Å². The molecule has 2 aliphatic rings. The number of methoxy groups -OCH3 is 1. The van der Waals surface area contributed by atoms with Gasteiger partial charge in [-0.15, -0.1) is 0 Å². The van der Waals surface area contributed by atoms with Crippen LogP contribution in [0.3, 0.4) is 0 Å². The Bertz CT molecular complexity index is 516. The molecule has 0 radical (unpaired) electrons. The molecule has 0 aromatic carbocycles. The van der Waals surface area contributed by atoms with Crippen molar-refractivity contribution >= 4 is 5.91 Å². The highest BCUT2D eigenvalue weighted by Crippen LogP contribution is 2.46. The third-order valence-corrected chi connectivity index (χ3v) is 5.13. The van der Waals surface area contributed by atoms with E-state index in [0.29, 0.717) is 17.5 Å². The molecular weight excluding hydrogens is 270 g/mol. The van der Waals surface area contributed by atoms with Crippen molar-refractivity contribution in [2.75, 3.05) is 20.2 Å². The lowest BCUT2D eigenvalue weighted by Crippen LogP contribution is -2.50. The van der Waals surface area contributed by atoms with E-state index < -0.39 is 0 Å². The van der Waals surface area contributed by atoms with Gasteiger partial charge in [0.05, 0.1) is 12.5 Å². The van der Waals surface area contributed by atoms with Crippen LogP contribution in [-0.4, -0.2) is 47.4 Å². The molecule has 6 heteroatoms. The number of carbonyl (C=O) groups is 1. The predicted molar refractivity (Wildman–Crippen MR) is 75.6 cm³/mol. The second kappa shape index (κ2) is 5.75. The molecule has 0 unspecified atom stereocenters. The molecule has 116 valence electrons. The number of hydrogen-bond acceptors (Lipinski definition) is 5. The van der Waals surface area contributed by atoms with Gasteiger partial charge >= 0.3 is 0 Å². The number of amides is 1. The van der Waals surface area contributed by atoms with Crippen molar-refractivity contribution in [1.29, 1.82) is 0 Å². The molecular formula is C15H23N3O3. The molecule has 1 aromatic rings. The van der Waals surface area contributed by atoms with Crippen LogP contribution in [0.25, 0.3) is 0 Å². The lowest BCUT2D eigenvalue weighted by Gasteiger charge is -2.43. The smallest absolute Gasteiger partial charge is 0.228 e. The first-order valence-corrected chi connectivity index (χ1v) is 7.73. The zero-order valence-corrected chi connectivity index (χ0v) is 12.8. The molecule has 1 aliphatic heterocycles. The molecule has 2 atom stereocenters. The maximum absolute atomic E-state index is 12.5. The van der Waals surface area contributed by atoms with Gasteiger partial charge in [0, 0.05) is 25.6 Å². The SMILES string of the molecule is CO[C@@H]1CCC[C@@]12CCCN(C(=O)Cc1nonc1C)C2. The number of nitrogens with zero attached hydrogens (tertiary/aromatic N) is 3. The summed E-state index contributed by atoms with van der Waals surface area (Å²) < 4.78 is 10.4. The normalized spacial score (nSPS) is 29.2. The highest BCUT2D eigenvalue weighted by atomic mass is 16.6. The van der Waals surface area contributed by atoms with Crippen LogP contribution in [0.5, 0.6) is 0 Å². The van der Waals surface area contributed by atoms with Crippen LogP contribution in [0.4, 0.5) is 0 Å². The van der Waals surface area contributed by atoms with Crippen LogP contribution in [0.1, 0.15) is 43.5 Å². The first kappa shape index (κ1) is 14.5. The van der Waals surface area contributed by atoms with Crippen LogP contribution in [0, 0.1) is 12.3 Å². The summed E-state index contributed by atoms with van der Waals surface area (Å²) >= 11 is 0. The van der Waals surface area contributed by atoms with Crippen LogP contribution < -0.4 is 0 Å². The first-order valence-electron chi connectivity index (χ1n) is 7.73. The molecule has 1 spiro atoms. The molecule has 1 aromatic heterocycles. The Morgan fingerprint density at radius 3 is 2.95 bits per heavy atom. The molecule has 1 amide bonds. The summed E-state index contributed by atoms with van der Waals surface area (Å²) in [4.78, 5) is 14.5. The number of likely N-dealkylation sites (tertiary alicyclic amines) is 1. The monoisotopic (exact) mass is 293 g/mol. The minimum atomic E-state index is 0.120. The maximum Gasteiger partial charge on any atom is 0.228 e. The topological polar surface area (TPSA) is 68.5 Å². The highest BCUT2D eigenvalue weighted by molar-refractivity contribution is 5.78. The van der Waals surface area contributed by atoms with E-state index in [0.717, 1.165) is 25.9 Å². The number of aryl methyl sites for hydroxylation is 1. The van der Waals surface area contributed by atoms with E-state index in [2.05, 4.69) is 14.9 Å². The fraction of sp³-hybridized carbons (Fsp3) is 0.800. The number of aromatic nitrogens is 2. The van der Waals surface area contributed by atoms with Gasteiger partial charge in [-0.05, 0) is 32.6 Å². The van der Waals surface area contributed by atoms with Crippen LogP contribution in [0.15, 0.2) is 4.63 Å². The van der Waals surface area contributed by atoms with Gasteiger partial charge in [0.25, 0.3) is 0 Å². The van der Waals surface area contributed by atoms with E-state index in [1.54, 1.807) is 7.11 Å². The lowest BCUT2D eigenvalue weighted by molar-refractivity contribution is -0.136. The fourth-order valence-corrected chi connectivity index (χ4v) is 3.98. The van der Waals surface area contributed by atoms with Crippen molar-refractivity contribution in [3.63, 3.8) is 0 Å². The molecule has 2 fully saturated rings. The summed E-state index contributed by atoms with van der Waals surface area (Å²) in [6, 6.07) is 0. The minimum Gasteiger partial charge on any atom is -0.381 e. The summed E-state index contributed by atoms with van der Waals surface area (Å²) in [6.45, 7) is 3.46. The van der Waals surface area contributed by atoms with Crippen molar-refractivity contribution in [2.24, 2.45) is 5.41 Å². The second-order valence-corrected chi connectivity index (χ2v) is 6.37. The third-order valence-electron chi connectivity index (χ3n) is 5.13. The summed E-state index contributed by atoms with van der Waals surface area (Å²) in [5.41, 5.74) is 1.51. The van der Waals surface area contributed by atoms with Gasteiger partial charge in [-0.3, -0.25) is 4.79 Å². The summed E-state index contributed by atoms with van der Waals surface area (Å²) in [7, 11) is 1.79. The standard InChI is InChI=1S/C15H23N3O3/c1-11-12(17-21-16-11)9-14(19)18-8-4-7-15(10-18)6-3-5-13(15)20-2/h13H,3-10H2,1-2H3/t13-,15+/m1/s1. The van der Waals surface area contributed by atoms with Crippen molar-refractivity contribution in [3.8, 4) is 0 Å². The molecule has 0 bridgehead atoms. The molecule has 1 saturated heterocycles. The van der Waals surface area contributed by atoms with Crippen molar-refractivity contribution in [2.45, 2.75) is 51.6 Å². The zero-order valence-electron chi connectivity index (χ0n) is 12.8. The molecule has 1 aliphatic carbocycles. The van der Waals surface area contributed by atoms with E-state index in [9.17, 15) is 4.79 Å². The third kappa shape index (κ3) is 2.69. The van der Waals surface area contributed by atoms with Crippen LogP contribution >= 0.6 is 0 Å².